The van der Waals surface area contributed by atoms with E-state index in [1.54, 1.807) is 0 Å². The fraction of sp³-hybridized carbons (Fsp3) is 0.258. The first-order valence-electron chi connectivity index (χ1n) is 12.5. The van der Waals surface area contributed by atoms with Crippen LogP contribution in [0.2, 0.25) is 0 Å². The molecule has 1 heterocycles. The number of carboxylic acid groups (broad SMARTS) is 1. The number of fused-ring (bicyclic) bond motifs is 2. The molecule has 192 valence electrons. The Morgan fingerprint density at radius 1 is 1.00 bits per heavy atom. The molecule has 0 saturated carbocycles. The molecular formula is C31H33ClN2O3. The highest BCUT2D eigenvalue weighted by atomic mass is 35.5. The zero-order valence-electron chi connectivity index (χ0n) is 21.4. The highest BCUT2D eigenvalue weighted by Crippen LogP contribution is 2.40. The van der Waals surface area contributed by atoms with Gasteiger partial charge in [0, 0.05) is 11.7 Å². The molecule has 0 aromatic heterocycles. The first kappa shape index (κ1) is 26.5. The lowest BCUT2D eigenvalue weighted by atomic mass is 9.99. The molecule has 2 N–H and O–H groups in total. The van der Waals surface area contributed by atoms with Crippen molar-refractivity contribution in [1.29, 1.82) is 0 Å². The smallest absolute Gasteiger partial charge is 0.336 e. The summed E-state index contributed by atoms with van der Waals surface area (Å²) in [5.41, 5.74) is 5.10. The molecule has 4 aromatic rings. The SMILES string of the molecule is Cc1ccc(N2CC(CCN[C@H](C)c3cccc4ccccc34)Oc3ccccc32)c(C)c1C(=O)O.Cl. The molecule has 2 atom stereocenters. The molecule has 6 heteroatoms. The summed E-state index contributed by atoms with van der Waals surface area (Å²) in [5.74, 6) is -0.0655. The lowest BCUT2D eigenvalue weighted by molar-refractivity contribution is 0.0695. The van der Waals surface area contributed by atoms with Gasteiger partial charge in [-0.1, -0.05) is 60.7 Å². The third-order valence-corrected chi connectivity index (χ3v) is 7.19. The van der Waals surface area contributed by atoms with E-state index < -0.39 is 5.97 Å². The van der Waals surface area contributed by atoms with Crippen LogP contribution in [-0.4, -0.2) is 30.3 Å². The van der Waals surface area contributed by atoms with Gasteiger partial charge in [-0.15, -0.1) is 12.4 Å². The number of anilines is 2. The molecule has 0 radical (unpaired) electrons. The topological polar surface area (TPSA) is 61.8 Å². The van der Waals surface area contributed by atoms with E-state index in [0.717, 1.165) is 41.2 Å². The summed E-state index contributed by atoms with van der Waals surface area (Å²) in [5, 5.41) is 16.0. The van der Waals surface area contributed by atoms with Crippen molar-refractivity contribution in [3.63, 3.8) is 0 Å². The molecule has 0 spiro atoms. The number of hydrogen-bond donors (Lipinski definition) is 2. The van der Waals surface area contributed by atoms with E-state index in [1.807, 2.05) is 50.2 Å². The van der Waals surface area contributed by atoms with Crippen molar-refractivity contribution in [3.05, 3.63) is 101 Å². The molecular weight excluding hydrogens is 484 g/mol. The Morgan fingerprint density at radius 2 is 1.73 bits per heavy atom. The van der Waals surface area contributed by atoms with Crippen LogP contribution in [0.15, 0.2) is 78.9 Å². The summed E-state index contributed by atoms with van der Waals surface area (Å²) >= 11 is 0. The minimum atomic E-state index is -0.892. The average molecular weight is 517 g/mol. The summed E-state index contributed by atoms with van der Waals surface area (Å²) in [6.07, 6.45) is 0.803. The molecule has 1 aliphatic rings. The van der Waals surface area contributed by atoms with Crippen molar-refractivity contribution in [1.82, 2.24) is 5.32 Å². The van der Waals surface area contributed by atoms with Crippen LogP contribution in [0.5, 0.6) is 5.75 Å². The van der Waals surface area contributed by atoms with E-state index in [9.17, 15) is 9.90 Å². The van der Waals surface area contributed by atoms with Gasteiger partial charge in [-0.25, -0.2) is 4.79 Å². The Morgan fingerprint density at radius 3 is 2.54 bits per heavy atom. The number of rotatable bonds is 7. The Bertz CT molecular complexity index is 1420. The molecule has 4 aromatic carbocycles. The quantitative estimate of drug-likeness (QED) is 0.271. The van der Waals surface area contributed by atoms with E-state index in [2.05, 4.69) is 59.6 Å². The van der Waals surface area contributed by atoms with Crippen LogP contribution >= 0.6 is 12.4 Å². The van der Waals surface area contributed by atoms with Crippen LogP contribution in [0.4, 0.5) is 11.4 Å². The second kappa shape index (κ2) is 11.2. The molecule has 5 rings (SSSR count). The van der Waals surface area contributed by atoms with Crippen molar-refractivity contribution >= 4 is 40.5 Å². The van der Waals surface area contributed by atoms with Gasteiger partial charge in [0.05, 0.1) is 17.8 Å². The van der Waals surface area contributed by atoms with Crippen LogP contribution in [0, 0.1) is 13.8 Å². The molecule has 1 aliphatic heterocycles. The maximum absolute atomic E-state index is 11.9. The molecule has 0 aliphatic carbocycles. The molecule has 37 heavy (non-hydrogen) atoms. The van der Waals surface area contributed by atoms with Crippen molar-refractivity contribution in [2.75, 3.05) is 18.0 Å². The predicted octanol–water partition coefficient (Wildman–Crippen LogP) is 7.22. The minimum Gasteiger partial charge on any atom is -0.486 e. The zero-order valence-corrected chi connectivity index (χ0v) is 22.2. The van der Waals surface area contributed by atoms with Crippen LogP contribution in [0.1, 0.15) is 46.4 Å². The standard InChI is InChI=1S/C31H32N2O3.ClH/c1-20-15-16-27(21(2)30(20)31(34)35)33-19-24(36-29-14-7-6-13-28(29)33)17-18-32-22(3)25-12-8-10-23-9-4-5-11-26(23)25;/h4-16,22,24,32H,17-19H2,1-3H3,(H,34,35);1H/t22-,24?;/m1./s1. The number of carbonyl (C=O) groups is 1. The number of ether oxygens (including phenoxy) is 1. The third kappa shape index (κ3) is 5.29. The zero-order chi connectivity index (χ0) is 25.2. The summed E-state index contributed by atoms with van der Waals surface area (Å²) in [6.45, 7) is 7.40. The summed E-state index contributed by atoms with van der Waals surface area (Å²) in [6, 6.07) is 27.1. The maximum atomic E-state index is 11.9. The van der Waals surface area contributed by atoms with Crippen LogP contribution in [0.25, 0.3) is 10.8 Å². The van der Waals surface area contributed by atoms with Gasteiger partial charge < -0.3 is 20.1 Å². The van der Waals surface area contributed by atoms with Crippen LogP contribution in [0.3, 0.4) is 0 Å². The predicted molar refractivity (Wildman–Crippen MR) is 153 cm³/mol. The van der Waals surface area contributed by atoms with Crippen molar-refractivity contribution < 1.29 is 14.6 Å². The van der Waals surface area contributed by atoms with Crippen molar-refractivity contribution in [2.45, 2.75) is 39.3 Å². The molecule has 1 unspecified atom stereocenters. The average Bonchev–Trinajstić information content (AvgIpc) is 2.88. The first-order valence-corrected chi connectivity index (χ1v) is 12.5. The van der Waals surface area contributed by atoms with E-state index in [1.165, 1.54) is 16.3 Å². The van der Waals surface area contributed by atoms with Crippen molar-refractivity contribution in [3.8, 4) is 5.75 Å². The van der Waals surface area contributed by atoms with Gasteiger partial charge in [0.2, 0.25) is 0 Å². The largest absolute Gasteiger partial charge is 0.486 e. The number of carboxylic acids is 1. The Labute approximate surface area is 224 Å². The normalized spacial score (nSPS) is 15.4. The highest BCUT2D eigenvalue weighted by molar-refractivity contribution is 5.94. The summed E-state index contributed by atoms with van der Waals surface area (Å²) in [7, 11) is 0. The Kier molecular flexibility index (Phi) is 8.06. The van der Waals surface area contributed by atoms with Gasteiger partial charge in [0.25, 0.3) is 0 Å². The van der Waals surface area contributed by atoms with Crippen LogP contribution < -0.4 is 15.0 Å². The lowest BCUT2D eigenvalue weighted by Crippen LogP contribution is -2.39. The fourth-order valence-corrected chi connectivity index (χ4v) is 5.33. The van der Waals surface area contributed by atoms with E-state index >= 15 is 0 Å². The highest BCUT2D eigenvalue weighted by Gasteiger charge is 2.28. The number of hydrogen-bond acceptors (Lipinski definition) is 4. The molecule has 0 saturated heterocycles. The Hall–Kier alpha value is -3.54. The lowest BCUT2D eigenvalue weighted by Gasteiger charge is -2.37. The number of halogens is 1. The number of para-hydroxylation sites is 2. The number of nitrogens with one attached hydrogen (secondary N) is 1. The van der Waals surface area contributed by atoms with Gasteiger partial charge in [0.15, 0.2) is 0 Å². The second-order valence-corrected chi connectivity index (χ2v) is 9.56. The van der Waals surface area contributed by atoms with Crippen LogP contribution in [-0.2, 0) is 0 Å². The maximum Gasteiger partial charge on any atom is 0.336 e. The number of nitrogens with zero attached hydrogens (tertiary/aromatic N) is 1. The van der Waals surface area contributed by atoms with E-state index in [0.29, 0.717) is 12.1 Å². The molecule has 0 bridgehead atoms. The second-order valence-electron chi connectivity index (χ2n) is 9.56. The van der Waals surface area contributed by atoms with Gasteiger partial charge in [-0.05, 0) is 79.4 Å². The third-order valence-electron chi connectivity index (χ3n) is 7.19. The van der Waals surface area contributed by atoms with Gasteiger partial charge >= 0.3 is 5.97 Å². The monoisotopic (exact) mass is 516 g/mol. The van der Waals surface area contributed by atoms with Gasteiger partial charge in [0.1, 0.15) is 11.9 Å². The minimum absolute atomic E-state index is 0. The first-order chi connectivity index (χ1) is 17.4. The van der Waals surface area contributed by atoms with E-state index in [4.69, 9.17) is 4.74 Å². The molecule has 5 nitrogen and oxygen atoms in total. The van der Waals surface area contributed by atoms with Gasteiger partial charge in [-0.2, -0.15) is 0 Å². The summed E-state index contributed by atoms with van der Waals surface area (Å²) < 4.78 is 6.38. The number of aryl methyl sites for hydroxylation is 1. The molecule has 0 amide bonds. The number of aromatic carboxylic acids is 1. The van der Waals surface area contributed by atoms with Crippen molar-refractivity contribution in [2.24, 2.45) is 0 Å². The van der Waals surface area contributed by atoms with Gasteiger partial charge in [-0.3, -0.25) is 0 Å². The Balaban J connectivity index is 0.00000320. The molecule has 0 fully saturated rings. The van der Waals surface area contributed by atoms with E-state index in [-0.39, 0.29) is 24.6 Å². The number of benzene rings is 4. The fourth-order valence-electron chi connectivity index (χ4n) is 5.33. The summed E-state index contributed by atoms with van der Waals surface area (Å²) in [4.78, 5) is 14.1.